The van der Waals surface area contributed by atoms with Crippen LogP contribution < -0.4 is 0 Å². The first-order valence-corrected chi connectivity index (χ1v) is 22.8. The van der Waals surface area contributed by atoms with Gasteiger partial charge < -0.3 is 64.2 Å². The number of hydrogen-bond acceptors (Lipinski definition) is 15. The summed E-state index contributed by atoms with van der Waals surface area (Å²) in [5, 5.41) is 71.7. The SMILES string of the molecule is CCCCCC/C=C/CCCCCCCCCC(=O)OC[C@H](CO[C@@H]1O[C@H](CO[C@@H]2O[C@H](CO)[C@H](O)C(O)C2O)[C@H](O)C(O)C1O)OC(=O)CCCCCCCCCC. The highest BCUT2D eigenvalue weighted by Gasteiger charge is 2.47. The first kappa shape index (κ1) is 53.4. The van der Waals surface area contributed by atoms with E-state index in [0.29, 0.717) is 12.8 Å². The van der Waals surface area contributed by atoms with Crippen molar-refractivity contribution >= 4 is 11.9 Å². The minimum absolute atomic E-state index is 0.167. The molecule has 0 aromatic rings. The van der Waals surface area contributed by atoms with Crippen LogP contribution in [0.1, 0.15) is 162 Å². The van der Waals surface area contributed by atoms with Gasteiger partial charge in [-0.3, -0.25) is 9.59 Å². The number of ether oxygens (including phenoxy) is 6. The van der Waals surface area contributed by atoms with E-state index in [2.05, 4.69) is 26.0 Å². The maximum Gasteiger partial charge on any atom is 0.306 e. The number of allylic oxidation sites excluding steroid dienone is 2. The average molecular weight is 849 g/mol. The molecule has 15 heteroatoms. The molecule has 11 atom stereocenters. The third-order valence-corrected chi connectivity index (χ3v) is 11.0. The number of aliphatic hydroxyl groups is 7. The maximum atomic E-state index is 12.8. The highest BCUT2D eigenvalue weighted by molar-refractivity contribution is 5.70. The van der Waals surface area contributed by atoms with E-state index in [1.54, 1.807) is 0 Å². The number of rotatable bonds is 34. The van der Waals surface area contributed by atoms with Gasteiger partial charge in [0, 0.05) is 12.8 Å². The quantitative estimate of drug-likeness (QED) is 0.0266. The lowest BCUT2D eigenvalue weighted by Gasteiger charge is -2.42. The Morgan fingerprint density at radius 2 is 0.966 bits per heavy atom. The van der Waals surface area contributed by atoms with Crippen LogP contribution in [0.15, 0.2) is 12.2 Å². The van der Waals surface area contributed by atoms with Gasteiger partial charge in [0.15, 0.2) is 18.7 Å². The molecule has 15 nitrogen and oxygen atoms in total. The Morgan fingerprint density at radius 3 is 1.51 bits per heavy atom. The zero-order chi connectivity index (χ0) is 43.3. The molecule has 0 saturated carbocycles. The lowest BCUT2D eigenvalue weighted by atomic mass is 9.98. The summed E-state index contributed by atoms with van der Waals surface area (Å²) in [6.07, 6.45) is 11.3. The summed E-state index contributed by atoms with van der Waals surface area (Å²) >= 11 is 0. The second-order valence-corrected chi connectivity index (χ2v) is 16.2. The largest absolute Gasteiger partial charge is 0.462 e. The minimum atomic E-state index is -1.76. The van der Waals surface area contributed by atoms with Crippen molar-refractivity contribution in [1.82, 2.24) is 0 Å². The van der Waals surface area contributed by atoms with E-state index < -0.39 is 92.7 Å². The molecule has 2 aliphatic rings. The fourth-order valence-electron chi connectivity index (χ4n) is 7.15. The molecule has 0 spiro atoms. The fraction of sp³-hybridized carbons (Fsp3) is 0.909. The summed E-state index contributed by atoms with van der Waals surface area (Å²) in [4.78, 5) is 25.5. The number of esters is 2. The van der Waals surface area contributed by atoms with Crippen molar-refractivity contribution in [3.63, 3.8) is 0 Å². The Balaban J connectivity index is 1.83. The van der Waals surface area contributed by atoms with Crippen molar-refractivity contribution in [2.45, 2.75) is 229 Å². The van der Waals surface area contributed by atoms with Crippen molar-refractivity contribution in [3.8, 4) is 0 Å². The lowest BCUT2D eigenvalue weighted by Crippen LogP contribution is -2.61. The Morgan fingerprint density at radius 1 is 0.525 bits per heavy atom. The monoisotopic (exact) mass is 849 g/mol. The predicted octanol–water partition coefficient (Wildman–Crippen LogP) is 4.65. The lowest BCUT2D eigenvalue weighted by molar-refractivity contribution is -0.332. The molecular formula is C44H80O15. The van der Waals surface area contributed by atoms with E-state index in [1.165, 1.54) is 77.0 Å². The smallest absolute Gasteiger partial charge is 0.306 e. The zero-order valence-corrected chi connectivity index (χ0v) is 36.0. The molecule has 0 aromatic heterocycles. The van der Waals surface area contributed by atoms with E-state index >= 15 is 0 Å². The average Bonchev–Trinajstić information content (AvgIpc) is 3.23. The molecule has 346 valence electrons. The van der Waals surface area contributed by atoms with Gasteiger partial charge in [-0.25, -0.2) is 0 Å². The van der Waals surface area contributed by atoms with Crippen LogP contribution in [0.3, 0.4) is 0 Å². The molecular weight excluding hydrogens is 768 g/mol. The van der Waals surface area contributed by atoms with Crippen molar-refractivity contribution < 1.29 is 73.8 Å². The summed E-state index contributed by atoms with van der Waals surface area (Å²) in [5.41, 5.74) is 0. The van der Waals surface area contributed by atoms with Crippen molar-refractivity contribution in [3.05, 3.63) is 12.2 Å². The third-order valence-electron chi connectivity index (χ3n) is 11.0. The van der Waals surface area contributed by atoms with Gasteiger partial charge in [0.05, 0.1) is 19.8 Å². The van der Waals surface area contributed by atoms with Crippen molar-refractivity contribution in [1.29, 1.82) is 0 Å². The summed E-state index contributed by atoms with van der Waals surface area (Å²) in [7, 11) is 0. The van der Waals surface area contributed by atoms with Gasteiger partial charge in [-0.15, -0.1) is 0 Å². The number of carbonyl (C=O) groups is 2. The van der Waals surface area contributed by atoms with Crippen LogP contribution in [0.25, 0.3) is 0 Å². The number of unbranched alkanes of at least 4 members (excludes halogenated alkanes) is 18. The molecule has 0 aromatic carbocycles. The van der Waals surface area contributed by atoms with E-state index in [4.69, 9.17) is 28.4 Å². The Hall–Kier alpha value is -1.76. The van der Waals surface area contributed by atoms with Crippen LogP contribution in [0, 0.1) is 0 Å². The summed E-state index contributed by atoms with van der Waals surface area (Å²) < 4.78 is 33.4. The van der Waals surface area contributed by atoms with E-state index in [0.717, 1.165) is 44.9 Å². The second kappa shape index (κ2) is 32.9. The molecule has 2 heterocycles. The standard InChI is InChI=1S/C44H80O15/c1-3-5-7-9-11-13-14-15-16-17-18-19-21-22-24-26-35(46)54-29-32(57-36(47)27-25-23-20-12-10-8-6-4-2)30-55-43-42(53)40(51)38(49)34(59-43)31-56-44-41(52)39(50)37(48)33(28-45)58-44/h13-14,32-34,37-45,48-53H,3-12,15-31H2,1-2H3/b14-13+/t32-,33-,34-,37+,38+,39?,40?,41?,42?,43-,44-/m1/s1. The molecule has 2 fully saturated rings. The molecule has 2 rings (SSSR count). The molecule has 0 amide bonds. The molecule has 0 radical (unpaired) electrons. The van der Waals surface area contributed by atoms with Crippen molar-refractivity contribution in [2.24, 2.45) is 0 Å². The zero-order valence-electron chi connectivity index (χ0n) is 36.0. The minimum Gasteiger partial charge on any atom is -0.462 e. The third kappa shape index (κ3) is 22.2. The molecule has 0 bridgehead atoms. The van der Waals surface area contributed by atoms with Crippen LogP contribution in [-0.4, -0.2) is 142 Å². The van der Waals surface area contributed by atoms with Crippen LogP contribution in [-0.2, 0) is 38.0 Å². The van der Waals surface area contributed by atoms with Gasteiger partial charge in [-0.2, -0.15) is 0 Å². The van der Waals surface area contributed by atoms with Crippen LogP contribution in [0.5, 0.6) is 0 Å². The first-order valence-electron chi connectivity index (χ1n) is 22.8. The van der Waals surface area contributed by atoms with Gasteiger partial charge in [-0.1, -0.05) is 122 Å². The van der Waals surface area contributed by atoms with Crippen LogP contribution in [0.4, 0.5) is 0 Å². The predicted molar refractivity (Wildman–Crippen MR) is 220 cm³/mol. The molecule has 4 unspecified atom stereocenters. The van der Waals surface area contributed by atoms with Crippen LogP contribution >= 0.6 is 0 Å². The van der Waals surface area contributed by atoms with Gasteiger partial charge in [0.1, 0.15) is 55.4 Å². The fourth-order valence-corrected chi connectivity index (χ4v) is 7.15. The number of carbonyl (C=O) groups excluding carboxylic acids is 2. The molecule has 2 aliphatic heterocycles. The Bertz CT molecular complexity index is 1090. The maximum absolute atomic E-state index is 12.8. The normalized spacial score (nSPS) is 27.9. The molecule has 2 saturated heterocycles. The first-order chi connectivity index (χ1) is 28.5. The van der Waals surface area contributed by atoms with Crippen molar-refractivity contribution in [2.75, 3.05) is 26.4 Å². The summed E-state index contributed by atoms with van der Waals surface area (Å²) in [6, 6.07) is 0. The second-order valence-electron chi connectivity index (χ2n) is 16.2. The summed E-state index contributed by atoms with van der Waals surface area (Å²) in [5.74, 6) is -0.932. The van der Waals surface area contributed by atoms with Gasteiger partial charge >= 0.3 is 11.9 Å². The molecule has 0 aliphatic carbocycles. The van der Waals surface area contributed by atoms with Gasteiger partial charge in [0.2, 0.25) is 0 Å². The van der Waals surface area contributed by atoms with Gasteiger partial charge in [-0.05, 0) is 38.5 Å². The highest BCUT2D eigenvalue weighted by Crippen LogP contribution is 2.26. The Kier molecular flexibility index (Phi) is 29.8. The summed E-state index contributed by atoms with van der Waals surface area (Å²) in [6.45, 7) is 2.52. The molecule has 59 heavy (non-hydrogen) atoms. The topological polar surface area (TPSA) is 231 Å². The molecule has 7 N–H and O–H groups in total. The Labute approximate surface area is 352 Å². The van der Waals surface area contributed by atoms with E-state index in [9.17, 15) is 45.3 Å². The van der Waals surface area contributed by atoms with Crippen LogP contribution in [0.2, 0.25) is 0 Å². The van der Waals surface area contributed by atoms with Gasteiger partial charge in [0.25, 0.3) is 0 Å². The highest BCUT2D eigenvalue weighted by atomic mass is 16.7. The number of hydrogen-bond donors (Lipinski definition) is 7. The number of aliphatic hydroxyl groups excluding tert-OH is 7. The van der Waals surface area contributed by atoms with E-state index in [-0.39, 0.29) is 26.1 Å². The van der Waals surface area contributed by atoms with E-state index in [1.807, 2.05) is 0 Å².